The molecule has 4 nitrogen and oxygen atoms in total. The first-order valence-electron chi connectivity index (χ1n) is 8.57. The van der Waals surface area contributed by atoms with Crippen molar-refractivity contribution in [3.63, 3.8) is 0 Å². The van der Waals surface area contributed by atoms with Crippen LogP contribution in [0, 0.1) is 0 Å². The quantitative estimate of drug-likeness (QED) is 0.911. The molecule has 0 aliphatic carbocycles. The number of nitrogens with zero attached hydrogens (tertiary/aromatic N) is 1. The first-order valence-corrected chi connectivity index (χ1v) is 8.57. The summed E-state index contributed by atoms with van der Waals surface area (Å²) in [5.41, 5.74) is 0.864. The summed E-state index contributed by atoms with van der Waals surface area (Å²) in [6, 6.07) is 11.4. The first kappa shape index (κ1) is 17.8. The molecule has 1 fully saturated rings. The third kappa shape index (κ3) is 5.24. The third-order valence-corrected chi connectivity index (χ3v) is 4.29. The van der Waals surface area contributed by atoms with Gasteiger partial charge in [-0.05, 0) is 53.0 Å². The van der Waals surface area contributed by atoms with Crippen molar-refractivity contribution in [2.75, 3.05) is 6.54 Å². The Balaban J connectivity index is 1.87. The zero-order valence-corrected chi connectivity index (χ0v) is 15.0. The second kappa shape index (κ2) is 7.35. The summed E-state index contributed by atoms with van der Waals surface area (Å²) in [6.45, 7) is 10.8. The molecule has 1 N–H and O–H groups in total. The fourth-order valence-electron chi connectivity index (χ4n) is 3.11. The highest BCUT2D eigenvalue weighted by Crippen LogP contribution is 2.23. The van der Waals surface area contributed by atoms with Crippen LogP contribution >= 0.6 is 0 Å². The molecule has 128 valence electrons. The largest absolute Gasteiger partial charge is 0.444 e. The lowest BCUT2D eigenvalue weighted by molar-refractivity contribution is 0.00905. The second-order valence-corrected chi connectivity index (χ2v) is 7.54. The van der Waals surface area contributed by atoms with Crippen molar-refractivity contribution in [2.24, 2.45) is 0 Å². The second-order valence-electron chi connectivity index (χ2n) is 7.54. The van der Waals surface area contributed by atoms with E-state index in [-0.39, 0.29) is 12.1 Å². The molecule has 1 aromatic carbocycles. The molecule has 0 spiro atoms. The van der Waals surface area contributed by atoms with Crippen LogP contribution in [-0.4, -0.2) is 35.2 Å². The van der Waals surface area contributed by atoms with Crippen LogP contribution in [0.1, 0.15) is 59.1 Å². The molecule has 0 unspecified atom stereocenters. The van der Waals surface area contributed by atoms with Gasteiger partial charge in [0, 0.05) is 24.7 Å². The van der Waals surface area contributed by atoms with E-state index in [0.29, 0.717) is 12.1 Å². The van der Waals surface area contributed by atoms with E-state index >= 15 is 0 Å². The zero-order valence-electron chi connectivity index (χ0n) is 15.0. The standard InChI is InChI=1S/C19H30N2O2/c1-14-13-17(20-15(2)16-9-7-6-8-10-16)11-12-21(14)18(22)23-19(3,4)5/h6-10,14-15,17,20H,11-13H2,1-5H3/t14-,15-,17-/m1/s1. The van der Waals surface area contributed by atoms with Crippen LogP contribution in [0.4, 0.5) is 4.79 Å². The Morgan fingerprint density at radius 3 is 2.52 bits per heavy atom. The minimum absolute atomic E-state index is 0.194. The van der Waals surface area contributed by atoms with Crippen LogP contribution in [0.25, 0.3) is 0 Å². The third-order valence-electron chi connectivity index (χ3n) is 4.29. The van der Waals surface area contributed by atoms with Crippen molar-refractivity contribution in [3.8, 4) is 0 Å². The van der Waals surface area contributed by atoms with E-state index in [0.717, 1.165) is 19.4 Å². The highest BCUT2D eigenvalue weighted by atomic mass is 16.6. The predicted octanol–water partition coefficient (Wildman–Crippen LogP) is 4.13. The van der Waals surface area contributed by atoms with Gasteiger partial charge in [-0.25, -0.2) is 4.79 Å². The van der Waals surface area contributed by atoms with Crippen molar-refractivity contribution in [3.05, 3.63) is 35.9 Å². The summed E-state index contributed by atoms with van der Waals surface area (Å²) in [5, 5.41) is 3.69. The molecule has 1 amide bonds. The fourth-order valence-corrected chi connectivity index (χ4v) is 3.11. The molecule has 4 heteroatoms. The molecule has 1 heterocycles. The van der Waals surface area contributed by atoms with Crippen molar-refractivity contribution in [2.45, 2.75) is 71.2 Å². The van der Waals surface area contributed by atoms with Crippen LogP contribution in [0.3, 0.4) is 0 Å². The summed E-state index contributed by atoms with van der Waals surface area (Å²) >= 11 is 0. The first-order chi connectivity index (χ1) is 10.8. The van der Waals surface area contributed by atoms with Gasteiger partial charge in [0.1, 0.15) is 5.60 Å². The van der Waals surface area contributed by atoms with Crippen molar-refractivity contribution in [1.29, 1.82) is 0 Å². The molecule has 0 aromatic heterocycles. The number of nitrogens with one attached hydrogen (secondary N) is 1. The number of rotatable bonds is 3. The van der Waals surface area contributed by atoms with Gasteiger partial charge in [-0.1, -0.05) is 30.3 Å². The number of ether oxygens (including phenoxy) is 1. The van der Waals surface area contributed by atoms with E-state index in [1.807, 2.05) is 31.7 Å². The molecular weight excluding hydrogens is 288 g/mol. The summed E-state index contributed by atoms with van der Waals surface area (Å²) in [4.78, 5) is 14.1. The molecule has 23 heavy (non-hydrogen) atoms. The lowest BCUT2D eigenvalue weighted by atomic mass is 9.97. The van der Waals surface area contributed by atoms with Crippen molar-refractivity contribution < 1.29 is 9.53 Å². The maximum absolute atomic E-state index is 12.3. The molecule has 0 bridgehead atoms. The topological polar surface area (TPSA) is 41.6 Å². The molecule has 2 rings (SSSR count). The Bertz CT molecular complexity index is 510. The van der Waals surface area contributed by atoms with E-state index in [1.54, 1.807) is 0 Å². The van der Waals surface area contributed by atoms with Gasteiger partial charge < -0.3 is 15.0 Å². The van der Waals surface area contributed by atoms with E-state index in [2.05, 4.69) is 43.4 Å². The van der Waals surface area contributed by atoms with Crippen LogP contribution in [-0.2, 0) is 4.74 Å². The number of benzene rings is 1. The van der Waals surface area contributed by atoms with Gasteiger partial charge in [-0.15, -0.1) is 0 Å². The summed E-state index contributed by atoms with van der Waals surface area (Å²) < 4.78 is 5.50. The number of piperidine rings is 1. The molecule has 1 aromatic rings. The molecule has 1 aliphatic rings. The van der Waals surface area contributed by atoms with Gasteiger partial charge in [0.2, 0.25) is 0 Å². The van der Waals surface area contributed by atoms with Gasteiger partial charge >= 0.3 is 6.09 Å². The Labute approximate surface area is 140 Å². The molecule has 0 radical (unpaired) electrons. The average molecular weight is 318 g/mol. The minimum Gasteiger partial charge on any atom is -0.444 e. The molecular formula is C19H30N2O2. The summed E-state index contributed by atoms with van der Waals surface area (Å²) in [6.07, 6.45) is 1.72. The van der Waals surface area contributed by atoms with Crippen molar-refractivity contribution >= 4 is 6.09 Å². The number of hydrogen-bond donors (Lipinski definition) is 1. The van der Waals surface area contributed by atoms with Gasteiger partial charge in [0.25, 0.3) is 0 Å². The van der Waals surface area contributed by atoms with Gasteiger partial charge in [-0.3, -0.25) is 0 Å². The van der Waals surface area contributed by atoms with Crippen LogP contribution < -0.4 is 5.32 Å². The lowest BCUT2D eigenvalue weighted by Gasteiger charge is -2.39. The molecule has 3 atom stereocenters. The maximum atomic E-state index is 12.3. The normalized spacial score (nSPS) is 23.4. The minimum atomic E-state index is -0.437. The summed E-state index contributed by atoms with van der Waals surface area (Å²) in [7, 11) is 0. The molecule has 1 aliphatic heterocycles. The Hall–Kier alpha value is -1.55. The number of carbonyl (C=O) groups excluding carboxylic acids is 1. The zero-order chi connectivity index (χ0) is 17.0. The highest BCUT2D eigenvalue weighted by Gasteiger charge is 2.32. The van der Waals surface area contributed by atoms with Crippen LogP contribution in [0.5, 0.6) is 0 Å². The van der Waals surface area contributed by atoms with E-state index in [9.17, 15) is 4.79 Å². The van der Waals surface area contributed by atoms with Gasteiger partial charge in [0.05, 0.1) is 0 Å². The molecule has 0 saturated carbocycles. The lowest BCUT2D eigenvalue weighted by Crippen LogP contribution is -2.51. The number of carbonyl (C=O) groups is 1. The fraction of sp³-hybridized carbons (Fsp3) is 0.632. The number of hydrogen-bond acceptors (Lipinski definition) is 3. The van der Waals surface area contributed by atoms with Crippen LogP contribution in [0.15, 0.2) is 30.3 Å². The van der Waals surface area contributed by atoms with E-state index in [4.69, 9.17) is 4.74 Å². The highest BCUT2D eigenvalue weighted by molar-refractivity contribution is 5.68. The predicted molar refractivity (Wildman–Crippen MR) is 93.4 cm³/mol. The Morgan fingerprint density at radius 1 is 1.30 bits per heavy atom. The summed E-state index contributed by atoms with van der Waals surface area (Å²) in [5.74, 6) is 0. The Morgan fingerprint density at radius 2 is 1.96 bits per heavy atom. The smallest absolute Gasteiger partial charge is 0.410 e. The SMILES string of the molecule is C[C@@H]1C[C@H](N[C@H](C)c2ccccc2)CCN1C(=O)OC(C)(C)C. The number of likely N-dealkylation sites (tertiary alicyclic amines) is 1. The number of amides is 1. The maximum Gasteiger partial charge on any atom is 0.410 e. The van der Waals surface area contributed by atoms with Crippen molar-refractivity contribution in [1.82, 2.24) is 10.2 Å². The Kier molecular flexibility index (Phi) is 5.69. The monoisotopic (exact) mass is 318 g/mol. The van der Waals surface area contributed by atoms with Gasteiger partial charge in [0.15, 0.2) is 0 Å². The average Bonchev–Trinajstić information content (AvgIpc) is 2.46. The van der Waals surface area contributed by atoms with Crippen LogP contribution in [0.2, 0.25) is 0 Å². The van der Waals surface area contributed by atoms with Gasteiger partial charge in [-0.2, -0.15) is 0 Å². The molecule has 1 saturated heterocycles. The van der Waals surface area contributed by atoms with E-state index < -0.39 is 5.60 Å². The van der Waals surface area contributed by atoms with E-state index in [1.165, 1.54) is 5.56 Å².